The Balaban J connectivity index is 4.31. The van der Waals surface area contributed by atoms with Crippen LogP contribution in [0.5, 0.6) is 0 Å². The molecule has 96 valence electrons. The lowest BCUT2D eigenvalue weighted by atomic mass is 10.0. The minimum atomic E-state index is -0.595. The van der Waals surface area contributed by atoms with Gasteiger partial charge < -0.3 is 10.4 Å². The van der Waals surface area contributed by atoms with E-state index in [-0.39, 0.29) is 11.8 Å². The molecule has 0 saturated heterocycles. The molecule has 0 rings (SSSR count). The lowest BCUT2D eigenvalue weighted by Crippen LogP contribution is -2.49. The van der Waals surface area contributed by atoms with Crippen molar-refractivity contribution in [2.75, 3.05) is 5.75 Å². The second-order valence-corrected chi connectivity index (χ2v) is 6.18. The molecule has 0 aliphatic carbocycles. The molecule has 2 unspecified atom stereocenters. The summed E-state index contributed by atoms with van der Waals surface area (Å²) >= 11 is 1.68. The largest absolute Gasteiger partial charge is 0.390 e. The molecule has 2 N–H and O–H groups in total. The molecule has 0 aromatic rings. The van der Waals surface area contributed by atoms with Crippen molar-refractivity contribution in [2.24, 2.45) is 0 Å². The molecule has 0 bridgehead atoms. The van der Waals surface area contributed by atoms with Crippen molar-refractivity contribution in [1.82, 2.24) is 5.32 Å². The van der Waals surface area contributed by atoms with Gasteiger partial charge in [0.05, 0.1) is 12.1 Å². The molecular formula is C12H25NO2S. The van der Waals surface area contributed by atoms with E-state index in [0.717, 1.165) is 0 Å². The van der Waals surface area contributed by atoms with Crippen LogP contribution in [0.4, 0.5) is 0 Å². The highest BCUT2D eigenvalue weighted by atomic mass is 32.2. The number of aliphatic hydroxyl groups excluding tert-OH is 1. The first-order chi connectivity index (χ1) is 7.38. The van der Waals surface area contributed by atoms with Gasteiger partial charge in [0.2, 0.25) is 0 Å². The fourth-order valence-corrected chi connectivity index (χ4v) is 2.16. The molecule has 2 atom stereocenters. The molecule has 0 saturated carbocycles. The first-order valence-corrected chi connectivity index (χ1v) is 7.01. The topological polar surface area (TPSA) is 49.3 Å². The number of carbonyl (C=O) groups is 1. The summed E-state index contributed by atoms with van der Waals surface area (Å²) in [7, 11) is 0. The molecule has 3 nitrogen and oxygen atoms in total. The van der Waals surface area contributed by atoms with Crippen LogP contribution in [-0.2, 0) is 4.79 Å². The summed E-state index contributed by atoms with van der Waals surface area (Å²) < 4.78 is 0. The van der Waals surface area contributed by atoms with Crippen LogP contribution in [0.2, 0.25) is 0 Å². The van der Waals surface area contributed by atoms with Crippen LogP contribution in [0, 0.1) is 0 Å². The van der Waals surface area contributed by atoms with Crippen molar-refractivity contribution in [2.45, 2.75) is 64.5 Å². The smallest absolute Gasteiger partial charge is 0.152 e. The van der Waals surface area contributed by atoms with Gasteiger partial charge in [-0.25, -0.2) is 0 Å². The van der Waals surface area contributed by atoms with E-state index in [1.54, 1.807) is 11.8 Å². The first kappa shape index (κ1) is 15.9. The van der Waals surface area contributed by atoms with Crippen LogP contribution in [0.1, 0.15) is 41.0 Å². The van der Waals surface area contributed by atoms with E-state index in [4.69, 9.17) is 0 Å². The number of nitrogens with one attached hydrogen (secondary N) is 1. The third kappa shape index (κ3) is 6.51. The van der Waals surface area contributed by atoms with Gasteiger partial charge >= 0.3 is 0 Å². The molecule has 0 fully saturated rings. The Morgan fingerprint density at radius 1 is 1.31 bits per heavy atom. The number of thioether (sulfide) groups is 1. The fourth-order valence-electron chi connectivity index (χ4n) is 1.38. The molecule has 0 aromatic heterocycles. The molecule has 0 amide bonds. The third-order valence-corrected chi connectivity index (χ3v) is 3.39. The lowest BCUT2D eigenvalue weighted by Gasteiger charge is -2.25. The summed E-state index contributed by atoms with van der Waals surface area (Å²) in [5.74, 6) is 0.693. The Bertz CT molecular complexity index is 207. The van der Waals surface area contributed by atoms with E-state index in [1.807, 2.05) is 20.8 Å². The van der Waals surface area contributed by atoms with Crippen molar-refractivity contribution in [1.29, 1.82) is 0 Å². The first-order valence-electron chi connectivity index (χ1n) is 5.96. The Kier molecular flexibility index (Phi) is 8.06. The maximum atomic E-state index is 11.7. The van der Waals surface area contributed by atoms with E-state index in [1.165, 1.54) is 0 Å². The number of rotatable bonds is 8. The average molecular weight is 247 g/mol. The van der Waals surface area contributed by atoms with E-state index >= 15 is 0 Å². The standard InChI is InChI=1S/C12H25NO2S/c1-6-10(14)12(13-8(2)3)11(15)7-16-9(4)5/h8-9,11-13,15H,6-7H2,1-5H3. The second kappa shape index (κ2) is 8.09. The van der Waals surface area contributed by atoms with Gasteiger partial charge in [-0.3, -0.25) is 4.79 Å². The molecule has 16 heavy (non-hydrogen) atoms. The van der Waals surface area contributed by atoms with Gasteiger partial charge in [-0.2, -0.15) is 11.8 Å². The van der Waals surface area contributed by atoms with Gasteiger partial charge in [-0.05, 0) is 5.25 Å². The summed E-state index contributed by atoms with van der Waals surface area (Å²) in [6, 6.07) is -0.213. The quantitative estimate of drug-likeness (QED) is 0.687. The highest BCUT2D eigenvalue weighted by Crippen LogP contribution is 2.13. The molecule has 0 aliphatic heterocycles. The van der Waals surface area contributed by atoms with Crippen molar-refractivity contribution in [3.63, 3.8) is 0 Å². The van der Waals surface area contributed by atoms with Gasteiger partial charge in [0.25, 0.3) is 0 Å². The van der Waals surface area contributed by atoms with Crippen LogP contribution in [0.25, 0.3) is 0 Å². The highest BCUT2D eigenvalue weighted by Gasteiger charge is 2.25. The Hall–Kier alpha value is -0.0600. The minimum absolute atomic E-state index is 0.0885. The second-order valence-electron chi connectivity index (χ2n) is 4.57. The van der Waals surface area contributed by atoms with Crippen molar-refractivity contribution >= 4 is 17.5 Å². The molecule has 0 aromatic carbocycles. The fraction of sp³-hybridized carbons (Fsp3) is 0.917. The zero-order chi connectivity index (χ0) is 12.7. The monoisotopic (exact) mass is 247 g/mol. The SMILES string of the molecule is CCC(=O)C(NC(C)C)C(O)CSC(C)C. The van der Waals surface area contributed by atoms with E-state index < -0.39 is 12.1 Å². The van der Waals surface area contributed by atoms with Crippen LogP contribution < -0.4 is 5.32 Å². The van der Waals surface area contributed by atoms with Crippen molar-refractivity contribution in [3.05, 3.63) is 0 Å². The molecule has 0 spiro atoms. The minimum Gasteiger partial charge on any atom is -0.390 e. The molecule has 0 heterocycles. The molecule has 0 radical (unpaired) electrons. The maximum absolute atomic E-state index is 11.7. The number of Topliss-reactive ketones (excluding diaryl/α,β-unsaturated/α-hetero) is 1. The number of hydrogen-bond donors (Lipinski definition) is 2. The average Bonchev–Trinajstić information content (AvgIpc) is 2.21. The van der Waals surface area contributed by atoms with Crippen LogP contribution in [0.15, 0.2) is 0 Å². The predicted octanol–water partition coefficient (Wildman–Crippen LogP) is 1.83. The number of ketones is 1. The predicted molar refractivity (Wildman–Crippen MR) is 71.0 cm³/mol. The Labute approximate surface area is 103 Å². The van der Waals surface area contributed by atoms with Crippen LogP contribution in [0.3, 0.4) is 0 Å². The lowest BCUT2D eigenvalue weighted by molar-refractivity contribution is -0.123. The van der Waals surface area contributed by atoms with Gasteiger partial charge in [0.15, 0.2) is 5.78 Å². The normalized spacial score (nSPS) is 15.5. The summed E-state index contributed by atoms with van der Waals surface area (Å²) in [6.45, 7) is 9.98. The van der Waals surface area contributed by atoms with Crippen molar-refractivity contribution in [3.8, 4) is 0 Å². The summed E-state index contributed by atoms with van der Waals surface area (Å²) in [6.07, 6.45) is -0.129. The maximum Gasteiger partial charge on any atom is 0.152 e. The summed E-state index contributed by atoms with van der Waals surface area (Å²) in [5, 5.41) is 13.6. The molecular weight excluding hydrogens is 222 g/mol. The van der Waals surface area contributed by atoms with Crippen LogP contribution in [-0.4, -0.2) is 40.1 Å². The molecule has 4 heteroatoms. The Morgan fingerprint density at radius 3 is 2.25 bits per heavy atom. The number of aliphatic hydroxyl groups is 1. The number of carbonyl (C=O) groups excluding carboxylic acids is 1. The Morgan fingerprint density at radius 2 is 1.88 bits per heavy atom. The number of hydrogen-bond acceptors (Lipinski definition) is 4. The summed E-state index contributed by atoms with van der Waals surface area (Å²) in [4.78, 5) is 11.7. The zero-order valence-electron chi connectivity index (χ0n) is 11.0. The van der Waals surface area contributed by atoms with E-state index in [9.17, 15) is 9.90 Å². The van der Waals surface area contributed by atoms with E-state index in [2.05, 4.69) is 19.2 Å². The van der Waals surface area contributed by atoms with Gasteiger partial charge in [0.1, 0.15) is 0 Å². The summed E-state index contributed by atoms with van der Waals surface area (Å²) in [5.41, 5.74) is 0. The van der Waals surface area contributed by atoms with Gasteiger partial charge in [0, 0.05) is 18.2 Å². The van der Waals surface area contributed by atoms with Crippen LogP contribution >= 0.6 is 11.8 Å². The molecule has 0 aliphatic rings. The zero-order valence-corrected chi connectivity index (χ0v) is 11.8. The third-order valence-electron chi connectivity index (χ3n) is 2.19. The van der Waals surface area contributed by atoms with Gasteiger partial charge in [-0.1, -0.05) is 34.6 Å². The van der Waals surface area contributed by atoms with Crippen molar-refractivity contribution < 1.29 is 9.90 Å². The highest BCUT2D eigenvalue weighted by molar-refractivity contribution is 7.99. The van der Waals surface area contributed by atoms with Gasteiger partial charge in [-0.15, -0.1) is 0 Å². The van der Waals surface area contributed by atoms with E-state index in [0.29, 0.717) is 17.4 Å².